The third-order valence-corrected chi connectivity index (χ3v) is 5.41. The molecule has 2 N–H and O–H groups in total. The Morgan fingerprint density at radius 2 is 1.70 bits per heavy atom. The molecule has 2 heterocycles. The summed E-state index contributed by atoms with van der Waals surface area (Å²) in [6.07, 6.45) is 3.05. The molecular formula is C31H34N4O5. The van der Waals surface area contributed by atoms with Crippen molar-refractivity contribution in [2.45, 2.75) is 52.7 Å². The maximum Gasteiger partial charge on any atom is 0.408 e. The SMILES string of the molecule is COC(=O)c1cc(NC(=O)C(CC(C)C)NC(=O)OC(C)(C)C)nc(-c2ccc(C#Cc3cccnc3)cc2)c1. The van der Waals surface area contributed by atoms with Crippen LogP contribution in [-0.2, 0) is 14.3 Å². The van der Waals surface area contributed by atoms with E-state index in [-0.39, 0.29) is 17.3 Å². The van der Waals surface area contributed by atoms with E-state index in [1.54, 1.807) is 39.2 Å². The first-order valence-electron chi connectivity index (χ1n) is 12.9. The quantitative estimate of drug-likeness (QED) is 0.311. The molecule has 0 saturated carbocycles. The number of nitrogens with one attached hydrogen (secondary N) is 2. The molecule has 2 amide bonds. The third-order valence-electron chi connectivity index (χ3n) is 5.41. The van der Waals surface area contributed by atoms with E-state index in [1.165, 1.54) is 13.2 Å². The molecule has 1 atom stereocenters. The third kappa shape index (κ3) is 9.24. The number of anilines is 1. The fourth-order valence-electron chi connectivity index (χ4n) is 3.65. The zero-order valence-corrected chi connectivity index (χ0v) is 23.6. The molecule has 0 radical (unpaired) electrons. The van der Waals surface area contributed by atoms with Gasteiger partial charge in [-0.15, -0.1) is 0 Å². The summed E-state index contributed by atoms with van der Waals surface area (Å²) in [5, 5.41) is 5.38. The van der Waals surface area contributed by atoms with Crippen LogP contribution in [0.25, 0.3) is 11.3 Å². The van der Waals surface area contributed by atoms with Gasteiger partial charge in [-0.25, -0.2) is 14.6 Å². The molecule has 0 aliphatic heterocycles. The number of nitrogens with zero attached hydrogens (tertiary/aromatic N) is 2. The number of hydrogen-bond acceptors (Lipinski definition) is 7. The Balaban J connectivity index is 1.86. The Morgan fingerprint density at radius 1 is 1.00 bits per heavy atom. The predicted molar refractivity (Wildman–Crippen MR) is 152 cm³/mol. The first kappa shape index (κ1) is 29.8. The zero-order valence-electron chi connectivity index (χ0n) is 23.6. The average Bonchev–Trinajstić information content (AvgIpc) is 2.90. The number of aromatic nitrogens is 2. The molecule has 1 unspecified atom stereocenters. The van der Waals surface area contributed by atoms with Gasteiger partial charge in [0.1, 0.15) is 17.5 Å². The predicted octanol–water partition coefficient (Wildman–Crippen LogP) is 5.21. The first-order chi connectivity index (χ1) is 18.9. The van der Waals surface area contributed by atoms with Gasteiger partial charge in [0.15, 0.2) is 0 Å². The summed E-state index contributed by atoms with van der Waals surface area (Å²) < 4.78 is 10.2. The molecule has 0 aliphatic carbocycles. The molecule has 0 spiro atoms. The van der Waals surface area contributed by atoms with Crippen LogP contribution in [-0.4, -0.2) is 46.7 Å². The zero-order chi connectivity index (χ0) is 29.3. The highest BCUT2D eigenvalue weighted by molar-refractivity contribution is 5.98. The van der Waals surface area contributed by atoms with Crippen molar-refractivity contribution in [1.29, 1.82) is 0 Å². The van der Waals surface area contributed by atoms with Crippen LogP contribution >= 0.6 is 0 Å². The Kier molecular flexibility index (Phi) is 9.98. The minimum absolute atomic E-state index is 0.107. The molecule has 9 nitrogen and oxygen atoms in total. The average molecular weight is 543 g/mol. The number of esters is 1. The highest BCUT2D eigenvalue weighted by Crippen LogP contribution is 2.23. The summed E-state index contributed by atoms with van der Waals surface area (Å²) in [6.45, 7) is 9.11. The van der Waals surface area contributed by atoms with Crippen molar-refractivity contribution in [2.75, 3.05) is 12.4 Å². The Hall–Kier alpha value is -4.71. The second-order valence-electron chi connectivity index (χ2n) is 10.5. The van der Waals surface area contributed by atoms with Crippen LogP contribution in [0.5, 0.6) is 0 Å². The van der Waals surface area contributed by atoms with Crippen molar-refractivity contribution in [1.82, 2.24) is 15.3 Å². The monoisotopic (exact) mass is 542 g/mol. The first-order valence-corrected chi connectivity index (χ1v) is 12.9. The molecular weight excluding hydrogens is 508 g/mol. The van der Waals surface area contributed by atoms with Gasteiger partial charge in [0.25, 0.3) is 0 Å². The van der Waals surface area contributed by atoms with E-state index in [0.29, 0.717) is 17.7 Å². The van der Waals surface area contributed by atoms with Gasteiger partial charge in [-0.05, 0) is 69.5 Å². The van der Waals surface area contributed by atoms with Gasteiger partial charge in [-0.3, -0.25) is 9.78 Å². The maximum absolute atomic E-state index is 13.2. The lowest BCUT2D eigenvalue weighted by Crippen LogP contribution is -2.46. The van der Waals surface area contributed by atoms with Gasteiger partial charge in [-0.2, -0.15) is 0 Å². The lowest BCUT2D eigenvalue weighted by atomic mass is 10.0. The summed E-state index contributed by atoms with van der Waals surface area (Å²) in [4.78, 5) is 46.6. The smallest absolute Gasteiger partial charge is 0.408 e. The molecule has 208 valence electrons. The van der Waals surface area contributed by atoms with Crippen molar-refractivity contribution in [2.24, 2.45) is 5.92 Å². The fourth-order valence-corrected chi connectivity index (χ4v) is 3.65. The minimum atomic E-state index is -0.875. The van der Waals surface area contributed by atoms with E-state index in [1.807, 2.05) is 50.2 Å². The van der Waals surface area contributed by atoms with Gasteiger partial charge in [-0.1, -0.05) is 37.8 Å². The number of benzene rings is 1. The number of ether oxygens (including phenoxy) is 2. The summed E-state index contributed by atoms with van der Waals surface area (Å²) in [5.74, 6) is 5.33. The van der Waals surface area contributed by atoms with E-state index in [4.69, 9.17) is 9.47 Å². The molecule has 2 aromatic heterocycles. The molecule has 0 bridgehead atoms. The molecule has 3 rings (SSSR count). The lowest BCUT2D eigenvalue weighted by Gasteiger charge is -2.24. The maximum atomic E-state index is 13.2. The van der Waals surface area contributed by atoms with E-state index in [0.717, 1.165) is 11.1 Å². The van der Waals surface area contributed by atoms with E-state index in [9.17, 15) is 14.4 Å². The summed E-state index contributed by atoms with van der Waals surface area (Å²) in [6, 6.07) is 13.2. The minimum Gasteiger partial charge on any atom is -0.465 e. The van der Waals surface area contributed by atoms with Gasteiger partial charge < -0.3 is 20.1 Å². The molecule has 9 heteroatoms. The van der Waals surface area contributed by atoms with Crippen molar-refractivity contribution >= 4 is 23.8 Å². The number of amides is 2. The van der Waals surface area contributed by atoms with E-state index >= 15 is 0 Å². The van der Waals surface area contributed by atoms with E-state index < -0.39 is 29.6 Å². The summed E-state index contributed by atoms with van der Waals surface area (Å²) in [5.41, 5.74) is 2.24. The van der Waals surface area contributed by atoms with Gasteiger partial charge in [0, 0.05) is 29.1 Å². The van der Waals surface area contributed by atoms with Gasteiger partial charge >= 0.3 is 12.1 Å². The molecule has 0 aliphatic rings. The highest BCUT2D eigenvalue weighted by Gasteiger charge is 2.26. The topological polar surface area (TPSA) is 120 Å². The van der Waals surface area contributed by atoms with Crippen molar-refractivity contribution in [3.63, 3.8) is 0 Å². The Labute approximate surface area is 234 Å². The van der Waals surface area contributed by atoms with Crippen molar-refractivity contribution in [3.8, 4) is 23.1 Å². The largest absolute Gasteiger partial charge is 0.465 e. The molecule has 0 fully saturated rings. The second kappa shape index (κ2) is 13.4. The van der Waals surface area contributed by atoms with E-state index in [2.05, 4.69) is 32.4 Å². The number of rotatable bonds is 7. The molecule has 1 aromatic carbocycles. The molecule has 0 saturated heterocycles. The van der Waals surface area contributed by atoms with Crippen LogP contribution in [0.15, 0.2) is 60.9 Å². The normalized spacial score (nSPS) is 11.6. The summed E-state index contributed by atoms with van der Waals surface area (Å²) >= 11 is 0. The lowest BCUT2D eigenvalue weighted by molar-refractivity contribution is -0.118. The van der Waals surface area contributed by atoms with Crippen LogP contribution in [0.1, 0.15) is 62.5 Å². The van der Waals surface area contributed by atoms with Crippen molar-refractivity contribution < 1.29 is 23.9 Å². The van der Waals surface area contributed by atoms with Gasteiger partial charge in [0.2, 0.25) is 5.91 Å². The number of hydrogen-bond donors (Lipinski definition) is 2. The van der Waals surface area contributed by atoms with Crippen LogP contribution in [0.4, 0.5) is 10.6 Å². The molecule has 40 heavy (non-hydrogen) atoms. The number of carbonyl (C=O) groups is 3. The number of carbonyl (C=O) groups excluding carboxylic acids is 3. The fraction of sp³-hybridized carbons (Fsp3) is 0.323. The van der Waals surface area contributed by atoms with Crippen LogP contribution < -0.4 is 10.6 Å². The van der Waals surface area contributed by atoms with Crippen molar-refractivity contribution in [3.05, 3.63) is 77.6 Å². The number of methoxy groups -OCH3 is 1. The van der Waals surface area contributed by atoms with Crippen LogP contribution in [0.3, 0.4) is 0 Å². The number of pyridine rings is 2. The molecule has 3 aromatic rings. The van der Waals surface area contributed by atoms with Crippen LogP contribution in [0.2, 0.25) is 0 Å². The Bertz CT molecular complexity index is 1400. The highest BCUT2D eigenvalue weighted by atomic mass is 16.6. The van der Waals surface area contributed by atoms with Gasteiger partial charge in [0.05, 0.1) is 18.4 Å². The second-order valence-corrected chi connectivity index (χ2v) is 10.5. The van der Waals surface area contributed by atoms with Crippen LogP contribution in [0, 0.1) is 17.8 Å². The standard InChI is InChI=1S/C31H34N4O5/c1-20(2)16-26(34-30(38)40-31(3,4)5)28(36)35-27-18-24(29(37)39-6)17-25(33-27)23-13-11-21(12-14-23)9-10-22-8-7-15-32-19-22/h7-8,11-15,17-20,26H,16H2,1-6H3,(H,34,38)(H,33,35,36). The summed E-state index contributed by atoms with van der Waals surface area (Å²) in [7, 11) is 1.28. The Morgan fingerprint density at radius 3 is 2.30 bits per heavy atom. The number of alkyl carbamates (subject to hydrolysis) is 1.